The normalized spacial score (nSPS) is 16.5. The highest BCUT2D eigenvalue weighted by Crippen LogP contribution is 2.45. The summed E-state index contributed by atoms with van der Waals surface area (Å²) >= 11 is 0. The predicted octanol–water partition coefficient (Wildman–Crippen LogP) is 12.6. The standard InChI is InChI=1S/C52H84N2O7/c1-37(2)22-19-23-38(3)24-20-25-39(4)26-21-32-52(11)33-31-44-42(7)47(40(5)41(6)48(44)60-52)58-35-18-13-12-17-34-53-49(56)45(54-50(57)61-51(8,9)10)29-30-46(55)59-36-43-27-15-14-16-28-43/h14-16,27-28,37-39,45H,12-13,17-26,29-36H2,1-11H3,(H,53,56)(H,54,57)/t38-,39-,45+,52-/m1/s1. The fourth-order valence-corrected chi connectivity index (χ4v) is 8.36. The quantitative estimate of drug-likeness (QED) is 0.0680. The minimum atomic E-state index is -0.926. The first-order valence-corrected chi connectivity index (χ1v) is 23.8. The van der Waals surface area contributed by atoms with Crippen molar-refractivity contribution in [1.29, 1.82) is 0 Å². The van der Waals surface area contributed by atoms with Gasteiger partial charge in [-0.3, -0.25) is 9.59 Å². The van der Waals surface area contributed by atoms with E-state index in [1.54, 1.807) is 20.8 Å². The van der Waals surface area contributed by atoms with Crippen molar-refractivity contribution in [3.8, 4) is 11.5 Å². The maximum Gasteiger partial charge on any atom is 0.408 e. The molecule has 2 amide bonds. The van der Waals surface area contributed by atoms with Crippen molar-refractivity contribution < 1.29 is 33.3 Å². The number of fused-ring (bicyclic) bond motifs is 1. The lowest BCUT2D eigenvalue weighted by molar-refractivity contribution is -0.145. The number of alkyl carbamates (subject to hydrolysis) is 1. The minimum Gasteiger partial charge on any atom is -0.493 e. The van der Waals surface area contributed by atoms with Gasteiger partial charge in [0.05, 0.1) is 6.61 Å². The van der Waals surface area contributed by atoms with Crippen LogP contribution in [0.25, 0.3) is 0 Å². The lowest BCUT2D eigenvalue weighted by Crippen LogP contribution is -2.48. The molecule has 0 saturated heterocycles. The topological polar surface area (TPSA) is 112 Å². The Kier molecular flexibility index (Phi) is 22.0. The average molecular weight is 849 g/mol. The van der Waals surface area contributed by atoms with Gasteiger partial charge in [-0.2, -0.15) is 0 Å². The number of unbranched alkanes of at least 4 members (excludes halogenated alkanes) is 3. The molecule has 0 fully saturated rings. The number of nitrogens with one attached hydrogen (secondary N) is 2. The number of carbonyl (C=O) groups excluding carboxylic acids is 3. The maximum atomic E-state index is 13.1. The Morgan fingerprint density at radius 2 is 1.43 bits per heavy atom. The van der Waals surface area contributed by atoms with Crippen LogP contribution < -0.4 is 20.1 Å². The van der Waals surface area contributed by atoms with Crippen molar-refractivity contribution in [1.82, 2.24) is 10.6 Å². The molecule has 2 aromatic carbocycles. The molecule has 9 nitrogen and oxygen atoms in total. The molecular weight excluding hydrogens is 765 g/mol. The summed E-state index contributed by atoms with van der Waals surface area (Å²) in [7, 11) is 0. The molecular formula is C52H84N2O7. The maximum absolute atomic E-state index is 13.1. The summed E-state index contributed by atoms with van der Waals surface area (Å²) in [6, 6.07) is 8.48. The van der Waals surface area contributed by atoms with Crippen LogP contribution in [0, 0.1) is 38.5 Å². The summed E-state index contributed by atoms with van der Waals surface area (Å²) in [5.41, 5.74) is 4.88. The van der Waals surface area contributed by atoms with Gasteiger partial charge in [-0.1, -0.05) is 116 Å². The van der Waals surface area contributed by atoms with E-state index in [4.69, 9.17) is 18.9 Å². The van der Waals surface area contributed by atoms with Crippen molar-refractivity contribution in [3.05, 3.63) is 58.1 Å². The van der Waals surface area contributed by atoms with Gasteiger partial charge in [-0.15, -0.1) is 0 Å². The fraction of sp³-hybridized carbons (Fsp3) is 0.712. The average Bonchev–Trinajstić information content (AvgIpc) is 3.19. The van der Waals surface area contributed by atoms with Gasteiger partial charge >= 0.3 is 12.1 Å². The zero-order valence-corrected chi connectivity index (χ0v) is 40.2. The van der Waals surface area contributed by atoms with Gasteiger partial charge in [0.1, 0.15) is 35.3 Å². The minimum absolute atomic E-state index is 0.0199. The van der Waals surface area contributed by atoms with Gasteiger partial charge in [0.2, 0.25) is 5.91 Å². The summed E-state index contributed by atoms with van der Waals surface area (Å²) in [4.78, 5) is 38.2. The van der Waals surface area contributed by atoms with Crippen LogP contribution in [-0.2, 0) is 32.1 Å². The first-order valence-electron chi connectivity index (χ1n) is 23.8. The molecule has 0 saturated carbocycles. The molecule has 1 aliphatic rings. The Balaban J connectivity index is 1.38. The van der Waals surface area contributed by atoms with Crippen LogP contribution in [0.3, 0.4) is 0 Å². The molecule has 2 aromatic rings. The molecule has 0 spiro atoms. The lowest BCUT2D eigenvalue weighted by atomic mass is 9.83. The highest BCUT2D eigenvalue weighted by Gasteiger charge is 2.34. The third-order valence-electron chi connectivity index (χ3n) is 12.3. The zero-order chi connectivity index (χ0) is 45.0. The molecule has 61 heavy (non-hydrogen) atoms. The van der Waals surface area contributed by atoms with Crippen molar-refractivity contribution >= 4 is 18.0 Å². The number of esters is 1. The number of amides is 2. The van der Waals surface area contributed by atoms with Crippen LogP contribution in [0.5, 0.6) is 11.5 Å². The third kappa shape index (κ3) is 19.5. The SMILES string of the molecule is Cc1c(C)c2c(c(C)c1OCCCCCCNC(=O)[C@H](CCC(=O)OCc1ccccc1)NC(=O)OC(C)(C)C)CC[C@@](C)(CCC[C@H](C)CCC[C@H](C)CCCC(C)C)O2. The Morgan fingerprint density at radius 3 is 2.08 bits per heavy atom. The molecule has 0 unspecified atom stereocenters. The first-order chi connectivity index (χ1) is 28.9. The van der Waals surface area contributed by atoms with Crippen LogP contribution in [0.2, 0.25) is 0 Å². The van der Waals surface area contributed by atoms with Crippen LogP contribution in [-0.4, -0.2) is 48.4 Å². The molecule has 0 radical (unpaired) electrons. The summed E-state index contributed by atoms with van der Waals surface area (Å²) in [5.74, 6) is 3.71. The van der Waals surface area contributed by atoms with E-state index in [-0.39, 0.29) is 31.0 Å². The van der Waals surface area contributed by atoms with E-state index in [2.05, 4.69) is 66.0 Å². The van der Waals surface area contributed by atoms with Crippen LogP contribution in [0.4, 0.5) is 4.79 Å². The van der Waals surface area contributed by atoms with Crippen molar-refractivity contribution in [3.63, 3.8) is 0 Å². The summed E-state index contributed by atoms with van der Waals surface area (Å²) in [5, 5.41) is 5.58. The predicted molar refractivity (Wildman–Crippen MR) is 248 cm³/mol. The monoisotopic (exact) mass is 849 g/mol. The van der Waals surface area contributed by atoms with E-state index in [9.17, 15) is 14.4 Å². The second-order valence-corrected chi connectivity index (χ2v) is 19.9. The van der Waals surface area contributed by atoms with Crippen LogP contribution >= 0.6 is 0 Å². The second kappa shape index (κ2) is 26.0. The summed E-state index contributed by atoms with van der Waals surface area (Å²) in [6.45, 7) is 24.9. The number of hydrogen-bond donors (Lipinski definition) is 2. The van der Waals surface area contributed by atoms with E-state index < -0.39 is 23.7 Å². The van der Waals surface area contributed by atoms with Gasteiger partial charge in [-0.05, 0) is 133 Å². The molecule has 2 N–H and O–H groups in total. The smallest absolute Gasteiger partial charge is 0.408 e. The molecule has 0 bridgehead atoms. The van der Waals surface area contributed by atoms with E-state index >= 15 is 0 Å². The second-order valence-electron chi connectivity index (χ2n) is 19.9. The van der Waals surface area contributed by atoms with E-state index in [1.807, 2.05) is 30.3 Å². The zero-order valence-electron chi connectivity index (χ0n) is 40.2. The van der Waals surface area contributed by atoms with Crippen LogP contribution in [0.15, 0.2) is 30.3 Å². The van der Waals surface area contributed by atoms with Crippen molar-refractivity contribution in [2.75, 3.05) is 13.2 Å². The first kappa shape index (κ1) is 51.6. The molecule has 9 heteroatoms. The Labute approximate surface area is 370 Å². The number of rotatable bonds is 27. The molecule has 1 heterocycles. The van der Waals surface area contributed by atoms with Gasteiger partial charge < -0.3 is 29.6 Å². The lowest BCUT2D eigenvalue weighted by Gasteiger charge is -2.38. The fourth-order valence-electron chi connectivity index (χ4n) is 8.36. The van der Waals surface area contributed by atoms with E-state index in [0.29, 0.717) is 13.2 Å². The molecule has 1 aliphatic heterocycles. The van der Waals surface area contributed by atoms with Gasteiger partial charge in [0.25, 0.3) is 0 Å². The number of carbonyl (C=O) groups is 3. The highest BCUT2D eigenvalue weighted by atomic mass is 16.6. The van der Waals surface area contributed by atoms with Crippen LogP contribution in [0.1, 0.15) is 186 Å². The summed E-state index contributed by atoms with van der Waals surface area (Å²) < 4.78 is 24.1. The molecule has 4 atom stereocenters. The molecule has 0 aliphatic carbocycles. The van der Waals surface area contributed by atoms with E-state index in [1.165, 1.54) is 68.1 Å². The van der Waals surface area contributed by atoms with Gasteiger partial charge in [-0.25, -0.2) is 4.79 Å². The largest absolute Gasteiger partial charge is 0.493 e. The number of benzene rings is 2. The van der Waals surface area contributed by atoms with E-state index in [0.717, 1.165) is 85.3 Å². The Morgan fingerprint density at radius 1 is 0.787 bits per heavy atom. The molecule has 3 rings (SSSR count). The molecule has 344 valence electrons. The Hall–Kier alpha value is -3.75. The summed E-state index contributed by atoms with van der Waals surface area (Å²) in [6.07, 6.45) is 16.7. The van der Waals surface area contributed by atoms with Gasteiger partial charge in [0.15, 0.2) is 0 Å². The van der Waals surface area contributed by atoms with Crippen molar-refractivity contribution in [2.45, 2.75) is 209 Å². The number of hydrogen-bond acceptors (Lipinski definition) is 7. The van der Waals surface area contributed by atoms with Crippen molar-refractivity contribution in [2.24, 2.45) is 17.8 Å². The molecule has 0 aromatic heterocycles. The Bertz CT molecular complexity index is 1630. The third-order valence-corrected chi connectivity index (χ3v) is 12.3. The highest BCUT2D eigenvalue weighted by molar-refractivity contribution is 5.86. The van der Waals surface area contributed by atoms with Gasteiger partial charge in [0, 0.05) is 18.5 Å². The number of ether oxygens (including phenoxy) is 4.